The summed E-state index contributed by atoms with van der Waals surface area (Å²) in [6.07, 6.45) is -0.776. The molecule has 10 nitrogen and oxygen atoms in total. The van der Waals surface area contributed by atoms with Crippen molar-refractivity contribution >= 4 is 28.4 Å². The number of rotatable bonds is 5. The van der Waals surface area contributed by atoms with Crippen LogP contribution in [-0.2, 0) is 12.7 Å². The molecule has 4 aromatic rings. The number of aryl methyl sites for hydroxylation is 2. The molecule has 0 atom stereocenters. The average molecular weight is 466 g/mol. The molecule has 2 N–H and O–H groups in total. The molecule has 0 aliphatic carbocycles. The van der Waals surface area contributed by atoms with Gasteiger partial charge in [-0.25, -0.2) is 9.78 Å². The van der Waals surface area contributed by atoms with Gasteiger partial charge in [-0.15, -0.1) is 0 Å². The van der Waals surface area contributed by atoms with E-state index in [0.29, 0.717) is 29.0 Å². The highest BCUT2D eigenvalue weighted by Crippen LogP contribution is 2.35. The summed E-state index contributed by atoms with van der Waals surface area (Å²) in [5.41, 5.74) is 3.20. The van der Waals surface area contributed by atoms with E-state index in [-0.39, 0.29) is 17.6 Å². The van der Waals surface area contributed by atoms with Gasteiger partial charge >= 0.3 is 18.1 Å². The molecule has 0 saturated heterocycles. The number of carbonyl (C=O) groups excluding carboxylic acids is 1. The number of thiazole rings is 1. The number of pyridine rings is 1. The second kappa shape index (κ2) is 8.37. The molecule has 0 saturated carbocycles. The summed E-state index contributed by atoms with van der Waals surface area (Å²) >= 11 is 0.310. The van der Waals surface area contributed by atoms with Gasteiger partial charge in [-0.2, -0.15) is 13.2 Å². The molecule has 166 valence electrons. The topological polar surface area (TPSA) is 123 Å². The summed E-state index contributed by atoms with van der Waals surface area (Å²) in [7, 11) is 0. The summed E-state index contributed by atoms with van der Waals surface area (Å²) < 4.78 is 49.4. The van der Waals surface area contributed by atoms with Crippen molar-refractivity contribution < 1.29 is 31.7 Å². The largest absolute Gasteiger partial charge is 0.427 e. The fourth-order valence-electron chi connectivity index (χ4n) is 2.84. The van der Waals surface area contributed by atoms with Gasteiger partial charge in [-0.1, -0.05) is 22.6 Å². The number of aromatic nitrogens is 5. The second-order valence-electron chi connectivity index (χ2n) is 6.61. The van der Waals surface area contributed by atoms with Crippen LogP contribution < -0.4 is 15.3 Å². The van der Waals surface area contributed by atoms with Crippen LogP contribution in [0.3, 0.4) is 0 Å². The molecule has 0 bridgehead atoms. The number of halogens is 3. The van der Waals surface area contributed by atoms with Crippen LogP contribution in [0.4, 0.5) is 29.0 Å². The monoisotopic (exact) mass is 466 g/mol. The van der Waals surface area contributed by atoms with E-state index in [1.807, 2.05) is 26.0 Å². The number of hydrogen-bond donors (Lipinski definition) is 2. The van der Waals surface area contributed by atoms with Gasteiger partial charge in [0.1, 0.15) is 16.3 Å². The van der Waals surface area contributed by atoms with Crippen LogP contribution in [-0.4, -0.2) is 26.4 Å². The van der Waals surface area contributed by atoms with E-state index >= 15 is 0 Å². The predicted molar refractivity (Wildman–Crippen MR) is 105 cm³/mol. The van der Waals surface area contributed by atoms with Crippen molar-refractivity contribution in [3.63, 3.8) is 0 Å². The van der Waals surface area contributed by atoms with Gasteiger partial charge < -0.3 is 4.52 Å². The predicted octanol–water partition coefficient (Wildman–Crippen LogP) is 3.80. The van der Waals surface area contributed by atoms with E-state index in [1.54, 1.807) is 6.20 Å². The van der Waals surface area contributed by atoms with Crippen molar-refractivity contribution in [3.8, 4) is 11.1 Å². The Morgan fingerprint density at radius 3 is 2.59 bits per heavy atom. The quantitative estimate of drug-likeness (QED) is 0.429. The Labute approximate surface area is 182 Å². The molecule has 4 aromatic heterocycles. The highest BCUT2D eigenvalue weighted by atomic mass is 32.1. The molecule has 0 spiro atoms. The molecule has 4 heterocycles. The maximum Gasteiger partial charge on any atom is 0.427 e. The van der Waals surface area contributed by atoms with E-state index in [0.717, 1.165) is 16.8 Å². The van der Waals surface area contributed by atoms with E-state index in [4.69, 9.17) is 9.05 Å². The van der Waals surface area contributed by atoms with Gasteiger partial charge in [0, 0.05) is 17.3 Å². The first-order chi connectivity index (χ1) is 15.2. The highest BCUT2D eigenvalue weighted by Gasteiger charge is 2.33. The Balaban J connectivity index is 1.35. The molecule has 0 aromatic carbocycles. The third-order valence-electron chi connectivity index (χ3n) is 4.22. The number of anilines is 2. The molecular formula is C18H15F3N7O3S+. The zero-order chi connectivity index (χ0) is 22.9. The summed E-state index contributed by atoms with van der Waals surface area (Å²) in [5, 5.41) is 12.0. The lowest BCUT2D eigenvalue weighted by molar-refractivity contribution is -0.755. The zero-order valence-electron chi connectivity index (χ0n) is 16.6. The maximum atomic E-state index is 12.6. The summed E-state index contributed by atoms with van der Waals surface area (Å²) in [4.78, 5) is 18.9. The summed E-state index contributed by atoms with van der Waals surface area (Å²) in [6.45, 7) is 3.93. The zero-order valence-corrected chi connectivity index (χ0v) is 17.4. The van der Waals surface area contributed by atoms with Gasteiger partial charge in [0.15, 0.2) is 5.13 Å². The van der Waals surface area contributed by atoms with E-state index in [1.165, 1.54) is 10.9 Å². The molecule has 2 amide bonds. The van der Waals surface area contributed by atoms with Gasteiger partial charge in [-0.3, -0.25) is 20.1 Å². The van der Waals surface area contributed by atoms with E-state index in [2.05, 4.69) is 31.0 Å². The van der Waals surface area contributed by atoms with Gasteiger partial charge in [0.05, 0.1) is 11.9 Å². The van der Waals surface area contributed by atoms with Crippen LogP contribution in [0.2, 0.25) is 0 Å². The molecule has 0 unspecified atom stereocenters. The third kappa shape index (κ3) is 4.74. The fourth-order valence-corrected chi connectivity index (χ4v) is 3.52. The molecule has 14 heteroatoms. The van der Waals surface area contributed by atoms with Crippen LogP contribution in [0.15, 0.2) is 39.8 Å². The number of urea groups is 1. The third-order valence-corrected chi connectivity index (χ3v) is 5.18. The Kier molecular flexibility index (Phi) is 5.61. The first-order valence-corrected chi connectivity index (χ1v) is 9.86. The Morgan fingerprint density at radius 1 is 1.16 bits per heavy atom. The molecule has 4 rings (SSSR count). The fraction of sp³-hybridized carbons (Fsp3) is 0.222. The van der Waals surface area contributed by atoms with Crippen molar-refractivity contribution in [2.75, 3.05) is 10.6 Å². The number of amides is 2. The summed E-state index contributed by atoms with van der Waals surface area (Å²) in [5.74, 6) is 0.687. The minimum atomic E-state index is -4.52. The highest BCUT2D eigenvalue weighted by molar-refractivity contribution is 7.15. The van der Waals surface area contributed by atoms with Crippen LogP contribution in [0.25, 0.3) is 11.1 Å². The molecule has 0 fully saturated rings. The number of carbonyl (C=O) groups is 1. The molecular weight excluding hydrogens is 451 g/mol. The first kappa shape index (κ1) is 21.4. The lowest BCUT2D eigenvalue weighted by Crippen LogP contribution is -2.35. The average Bonchev–Trinajstić information content (AvgIpc) is 3.44. The minimum absolute atomic E-state index is 0.0116. The molecule has 32 heavy (non-hydrogen) atoms. The Morgan fingerprint density at radius 2 is 1.97 bits per heavy atom. The van der Waals surface area contributed by atoms with E-state index < -0.39 is 17.1 Å². The number of nitrogens with one attached hydrogen (secondary N) is 2. The number of alkyl halides is 3. The molecule has 0 radical (unpaired) electrons. The number of nitrogens with zero attached hydrogens (tertiary/aromatic N) is 5. The summed E-state index contributed by atoms with van der Waals surface area (Å²) in [6, 6.07) is 2.87. The van der Waals surface area contributed by atoms with Gasteiger partial charge in [-0.05, 0) is 24.6 Å². The van der Waals surface area contributed by atoms with Crippen molar-refractivity contribution in [2.24, 2.45) is 0 Å². The normalized spacial score (nSPS) is 11.5. The molecule has 0 aliphatic heterocycles. The standard InChI is InChI=1S/C18H14F3N7O3S/c1-9-15(10(2)30-26-9)11-3-4-12(22-5-11)7-28-8-14(31-27-28)24-16(29)25-17-23-6-13(32-17)18(19,20)21/h3-6,8H,7H2,1-2H3,(H-,23,24,25,27,29)/p+1. The minimum Gasteiger partial charge on any atom is -0.361 e. The molecule has 0 aliphatic rings. The smallest absolute Gasteiger partial charge is 0.361 e. The van der Waals surface area contributed by atoms with Gasteiger partial charge in [0.25, 0.3) is 6.20 Å². The first-order valence-electron chi connectivity index (χ1n) is 9.04. The van der Waals surface area contributed by atoms with Crippen LogP contribution in [0, 0.1) is 13.8 Å². The lowest BCUT2D eigenvalue weighted by Gasteiger charge is -2.01. The van der Waals surface area contributed by atoms with Gasteiger partial charge in [0.2, 0.25) is 11.8 Å². The van der Waals surface area contributed by atoms with Crippen molar-refractivity contribution in [2.45, 2.75) is 26.6 Å². The Hall–Kier alpha value is -3.81. The maximum absolute atomic E-state index is 12.6. The van der Waals surface area contributed by atoms with Crippen LogP contribution >= 0.6 is 11.3 Å². The number of hydrogen-bond acceptors (Lipinski definition) is 8. The van der Waals surface area contributed by atoms with E-state index in [9.17, 15) is 18.0 Å². The van der Waals surface area contributed by atoms with Crippen LogP contribution in [0.5, 0.6) is 0 Å². The van der Waals surface area contributed by atoms with Crippen molar-refractivity contribution in [1.82, 2.24) is 20.4 Å². The van der Waals surface area contributed by atoms with Crippen LogP contribution in [0.1, 0.15) is 22.0 Å². The Bertz CT molecular complexity index is 1230. The SMILES string of the molecule is Cc1noc(C)c1-c1ccc(C[n+]2cc(NC(=O)Nc3ncc(C(F)(F)F)s3)on2)nc1. The lowest BCUT2D eigenvalue weighted by atomic mass is 10.1. The second-order valence-corrected chi connectivity index (χ2v) is 7.64. The van der Waals surface area contributed by atoms with Crippen molar-refractivity contribution in [3.05, 3.63) is 52.7 Å². The van der Waals surface area contributed by atoms with Crippen molar-refractivity contribution in [1.29, 1.82) is 0 Å².